The van der Waals surface area contributed by atoms with Crippen LogP contribution >= 0.6 is 0 Å². The molecule has 176 valence electrons. The Morgan fingerprint density at radius 3 is 2.68 bits per heavy atom. The number of anilines is 1. The van der Waals surface area contributed by atoms with Gasteiger partial charge in [-0.25, -0.2) is 4.79 Å². The fraction of sp³-hybridized carbons (Fsp3) is 0.375. The Hall–Kier alpha value is -3.56. The van der Waals surface area contributed by atoms with E-state index in [9.17, 15) is 18.0 Å². The average Bonchev–Trinajstić information content (AvgIpc) is 3.41. The smallest absolute Gasteiger partial charge is 0.433 e. The summed E-state index contributed by atoms with van der Waals surface area (Å²) >= 11 is 0. The summed E-state index contributed by atoms with van der Waals surface area (Å²) in [6, 6.07) is 11.6. The van der Waals surface area contributed by atoms with Gasteiger partial charge in [0.05, 0.1) is 18.3 Å². The van der Waals surface area contributed by atoms with Gasteiger partial charge in [-0.3, -0.25) is 9.55 Å². The third-order valence-electron chi connectivity index (χ3n) is 6.85. The number of ether oxygens (including phenoxy) is 2. The predicted molar refractivity (Wildman–Crippen MR) is 116 cm³/mol. The molecule has 1 unspecified atom stereocenters. The Labute approximate surface area is 192 Å². The number of nitrogens with zero attached hydrogens (tertiary/aromatic N) is 4. The number of hydrogen-bond acceptors (Lipinski definition) is 6. The second-order valence-corrected chi connectivity index (χ2v) is 9.15. The van der Waals surface area contributed by atoms with E-state index in [4.69, 9.17) is 9.47 Å². The van der Waals surface area contributed by atoms with Gasteiger partial charge >= 0.3 is 11.9 Å². The Balaban J connectivity index is 1.33. The van der Waals surface area contributed by atoms with Crippen molar-refractivity contribution in [1.29, 1.82) is 0 Å². The predicted octanol–water partition coefficient (Wildman–Crippen LogP) is 3.67. The number of fused-ring (bicyclic) bond motifs is 1. The molecule has 7 rings (SSSR count). The van der Waals surface area contributed by atoms with Crippen molar-refractivity contribution >= 4 is 5.82 Å². The van der Waals surface area contributed by atoms with Gasteiger partial charge in [0.1, 0.15) is 11.4 Å². The van der Waals surface area contributed by atoms with Crippen LogP contribution in [-0.2, 0) is 19.1 Å². The molecule has 7 nitrogen and oxygen atoms in total. The van der Waals surface area contributed by atoms with E-state index in [1.54, 1.807) is 4.57 Å². The van der Waals surface area contributed by atoms with Crippen LogP contribution in [0.3, 0.4) is 0 Å². The van der Waals surface area contributed by atoms with Crippen molar-refractivity contribution in [3.63, 3.8) is 0 Å². The molecule has 0 amide bonds. The highest BCUT2D eigenvalue weighted by Gasteiger charge is 2.61. The van der Waals surface area contributed by atoms with Crippen molar-refractivity contribution in [2.24, 2.45) is 5.92 Å². The lowest BCUT2D eigenvalue weighted by Crippen LogP contribution is -2.44. The first-order chi connectivity index (χ1) is 16.3. The normalized spacial score (nSPS) is 23.1. The lowest BCUT2D eigenvalue weighted by atomic mass is 9.74. The molecule has 5 heterocycles. The van der Waals surface area contributed by atoms with Crippen LogP contribution in [0.1, 0.15) is 24.1 Å². The highest BCUT2D eigenvalue weighted by Crippen LogP contribution is 2.57. The standard InChI is InChI=1S/C24H21F3N4O3/c25-24(26,27)19-9-17(6-7-28-19)33-20(8-15-4-2-1-3-5-15)34-18-12-29-22(32)30-14-23-10-16(11-23)13-31(23)21(18)30/h1-7,9,12,16,20H,8,10-11,13-14H2. The van der Waals surface area contributed by atoms with Crippen LogP contribution in [0.15, 0.2) is 59.7 Å². The number of alkyl halides is 3. The summed E-state index contributed by atoms with van der Waals surface area (Å²) < 4.78 is 53.2. The highest BCUT2D eigenvalue weighted by molar-refractivity contribution is 5.60. The van der Waals surface area contributed by atoms with Gasteiger partial charge in [0.2, 0.25) is 6.29 Å². The van der Waals surface area contributed by atoms with Crippen molar-refractivity contribution in [3.8, 4) is 11.5 Å². The van der Waals surface area contributed by atoms with Crippen molar-refractivity contribution in [2.45, 2.75) is 43.8 Å². The maximum absolute atomic E-state index is 13.2. The number of rotatable bonds is 6. The summed E-state index contributed by atoms with van der Waals surface area (Å²) in [5.41, 5.74) is -0.550. The minimum absolute atomic E-state index is 0.0131. The van der Waals surface area contributed by atoms with E-state index >= 15 is 0 Å². The number of aromatic nitrogens is 3. The van der Waals surface area contributed by atoms with Crippen molar-refractivity contribution in [3.05, 3.63) is 76.6 Å². The van der Waals surface area contributed by atoms with Crippen LogP contribution in [0.2, 0.25) is 0 Å². The van der Waals surface area contributed by atoms with Gasteiger partial charge in [0.25, 0.3) is 0 Å². The largest absolute Gasteiger partial charge is 0.454 e. The molecule has 4 aliphatic rings. The Bertz CT molecular complexity index is 1290. The third-order valence-corrected chi connectivity index (χ3v) is 6.85. The van der Waals surface area contributed by atoms with Gasteiger partial charge in [-0.1, -0.05) is 30.3 Å². The molecular weight excluding hydrogens is 449 g/mol. The SMILES string of the molecule is O=c1ncc(OC(Cc2ccccc2)Oc2ccnc(C(F)(F)F)c2)c2n1CC13CC(CN21)C3. The number of halogens is 3. The van der Waals surface area contributed by atoms with Gasteiger partial charge < -0.3 is 14.4 Å². The Morgan fingerprint density at radius 1 is 1.12 bits per heavy atom. The first kappa shape index (κ1) is 21.0. The van der Waals surface area contributed by atoms with Gasteiger partial charge in [0, 0.05) is 25.2 Å². The van der Waals surface area contributed by atoms with Gasteiger partial charge in [0.15, 0.2) is 11.6 Å². The lowest BCUT2D eigenvalue weighted by Gasteiger charge is -2.37. The molecule has 3 aliphatic heterocycles. The van der Waals surface area contributed by atoms with E-state index in [1.165, 1.54) is 12.3 Å². The number of benzene rings is 1. The summed E-state index contributed by atoms with van der Waals surface area (Å²) in [7, 11) is 0. The topological polar surface area (TPSA) is 69.5 Å². The second-order valence-electron chi connectivity index (χ2n) is 9.15. The molecule has 10 heteroatoms. The van der Waals surface area contributed by atoms with E-state index in [1.807, 2.05) is 30.3 Å². The number of hydrogen-bond donors (Lipinski definition) is 0. The van der Waals surface area contributed by atoms with E-state index in [-0.39, 0.29) is 23.4 Å². The quantitative estimate of drug-likeness (QED) is 0.512. The van der Waals surface area contributed by atoms with Crippen LogP contribution in [0.25, 0.3) is 0 Å². The molecule has 1 spiro atoms. The molecule has 1 saturated carbocycles. The average molecular weight is 470 g/mol. The molecule has 1 aliphatic carbocycles. The summed E-state index contributed by atoms with van der Waals surface area (Å²) in [5.74, 6) is 1.65. The summed E-state index contributed by atoms with van der Waals surface area (Å²) in [6.45, 7) is 1.43. The Kier molecular flexibility index (Phi) is 4.62. The molecule has 0 radical (unpaired) electrons. The molecular formula is C24H21F3N4O3. The van der Waals surface area contributed by atoms with Gasteiger partial charge in [-0.2, -0.15) is 18.2 Å². The first-order valence-corrected chi connectivity index (χ1v) is 11.1. The van der Waals surface area contributed by atoms with Crippen molar-refractivity contribution < 1.29 is 22.6 Å². The molecule has 3 fully saturated rings. The maximum atomic E-state index is 13.2. The fourth-order valence-corrected chi connectivity index (χ4v) is 5.45. The summed E-state index contributed by atoms with van der Waals surface area (Å²) in [6.07, 6.45) is -0.756. The molecule has 0 N–H and O–H groups in total. The molecule has 2 saturated heterocycles. The lowest BCUT2D eigenvalue weighted by molar-refractivity contribution is -0.141. The molecule has 34 heavy (non-hydrogen) atoms. The van der Waals surface area contributed by atoms with Crippen LogP contribution < -0.4 is 20.1 Å². The minimum Gasteiger partial charge on any atom is -0.454 e. The molecule has 1 atom stereocenters. The third kappa shape index (κ3) is 3.48. The van der Waals surface area contributed by atoms with E-state index in [2.05, 4.69) is 14.9 Å². The second kappa shape index (κ2) is 7.48. The van der Waals surface area contributed by atoms with Crippen LogP contribution in [0.5, 0.6) is 11.5 Å². The van der Waals surface area contributed by atoms with E-state index in [0.29, 0.717) is 24.0 Å². The van der Waals surface area contributed by atoms with E-state index in [0.717, 1.165) is 37.2 Å². The minimum atomic E-state index is -4.59. The van der Waals surface area contributed by atoms with Crippen LogP contribution in [0, 0.1) is 5.92 Å². The molecule has 2 bridgehead atoms. The molecule has 2 aromatic heterocycles. The van der Waals surface area contributed by atoms with Crippen LogP contribution in [0.4, 0.5) is 19.0 Å². The Morgan fingerprint density at radius 2 is 1.91 bits per heavy atom. The number of pyridine rings is 1. The van der Waals surface area contributed by atoms with E-state index < -0.39 is 18.2 Å². The maximum Gasteiger partial charge on any atom is 0.433 e. The zero-order valence-electron chi connectivity index (χ0n) is 18.0. The zero-order chi connectivity index (χ0) is 23.5. The monoisotopic (exact) mass is 470 g/mol. The molecule has 3 aromatic rings. The molecule has 1 aromatic carbocycles. The summed E-state index contributed by atoms with van der Waals surface area (Å²) in [4.78, 5) is 22.1. The van der Waals surface area contributed by atoms with Gasteiger partial charge in [-0.15, -0.1) is 0 Å². The fourth-order valence-electron chi connectivity index (χ4n) is 5.45. The first-order valence-electron chi connectivity index (χ1n) is 11.1. The van der Waals surface area contributed by atoms with Gasteiger partial charge in [-0.05, 0) is 30.4 Å². The summed E-state index contributed by atoms with van der Waals surface area (Å²) in [5, 5.41) is 0. The highest BCUT2D eigenvalue weighted by atomic mass is 19.4. The zero-order valence-corrected chi connectivity index (χ0v) is 18.0. The van der Waals surface area contributed by atoms with Crippen LogP contribution in [-0.4, -0.2) is 32.9 Å². The van der Waals surface area contributed by atoms with Crippen molar-refractivity contribution in [1.82, 2.24) is 14.5 Å². The van der Waals surface area contributed by atoms with Crippen molar-refractivity contribution in [2.75, 3.05) is 11.4 Å².